The highest BCUT2D eigenvalue weighted by Gasteiger charge is 2.42. The zero-order valence-corrected chi connectivity index (χ0v) is 14.7. The van der Waals surface area contributed by atoms with Gasteiger partial charge in [0.25, 0.3) is 0 Å². The van der Waals surface area contributed by atoms with E-state index in [0.717, 1.165) is 6.07 Å². The summed E-state index contributed by atoms with van der Waals surface area (Å²) in [7, 11) is -1.43. The van der Waals surface area contributed by atoms with Gasteiger partial charge in [0.1, 0.15) is 5.69 Å². The Labute approximate surface area is 142 Å². The number of aromatic nitrogens is 1. The molecule has 134 valence electrons. The molecule has 0 fully saturated rings. The number of nitrogens with zero attached hydrogens (tertiary/aromatic N) is 1. The number of nitrogens with one attached hydrogen (secondary N) is 1. The van der Waals surface area contributed by atoms with Crippen LogP contribution in [0.1, 0.15) is 44.1 Å². The standard InChI is InChI=1S/C16H21F3N2O2S/c1-5-8-15(21-24(22)14(2,3)4)10-23-9-12-11(15)6-7-13(20-12)16(17,18)19/h5-7,21H,1,8-10H2,2-4H3. The first kappa shape index (κ1) is 19.1. The number of hydrogen-bond acceptors (Lipinski definition) is 3. The van der Waals surface area contributed by atoms with Crippen molar-refractivity contribution in [3.05, 3.63) is 41.7 Å². The van der Waals surface area contributed by atoms with Crippen LogP contribution in [0.25, 0.3) is 0 Å². The van der Waals surface area contributed by atoms with E-state index in [1.807, 2.05) is 20.8 Å². The van der Waals surface area contributed by atoms with Crippen LogP contribution in [0.5, 0.6) is 0 Å². The van der Waals surface area contributed by atoms with E-state index < -0.39 is 33.1 Å². The third kappa shape index (κ3) is 3.87. The molecular weight excluding hydrogens is 341 g/mol. The molecule has 0 spiro atoms. The van der Waals surface area contributed by atoms with Gasteiger partial charge in [-0.25, -0.2) is 13.9 Å². The highest BCUT2D eigenvalue weighted by atomic mass is 32.2. The van der Waals surface area contributed by atoms with Crippen LogP contribution >= 0.6 is 0 Å². The van der Waals surface area contributed by atoms with Crippen molar-refractivity contribution in [3.63, 3.8) is 0 Å². The van der Waals surface area contributed by atoms with E-state index >= 15 is 0 Å². The van der Waals surface area contributed by atoms with E-state index in [0.29, 0.717) is 12.0 Å². The van der Waals surface area contributed by atoms with Crippen LogP contribution in [0.4, 0.5) is 13.2 Å². The molecule has 1 aliphatic rings. The van der Waals surface area contributed by atoms with Crippen molar-refractivity contribution in [1.29, 1.82) is 0 Å². The van der Waals surface area contributed by atoms with Crippen molar-refractivity contribution < 1.29 is 22.1 Å². The number of ether oxygens (including phenoxy) is 1. The fraction of sp³-hybridized carbons (Fsp3) is 0.562. The summed E-state index contributed by atoms with van der Waals surface area (Å²) in [5.41, 5.74) is -1.10. The number of rotatable bonds is 4. The third-order valence-corrected chi connectivity index (χ3v) is 5.39. The summed E-state index contributed by atoms with van der Waals surface area (Å²) in [5.74, 6) is 0. The van der Waals surface area contributed by atoms with E-state index in [2.05, 4.69) is 16.3 Å². The average Bonchev–Trinajstić information content (AvgIpc) is 2.45. The molecule has 0 aromatic carbocycles. The fourth-order valence-corrected chi connectivity index (χ4v) is 3.39. The minimum absolute atomic E-state index is 0.0119. The van der Waals surface area contributed by atoms with Gasteiger partial charge in [0.2, 0.25) is 0 Å². The third-order valence-electron chi connectivity index (χ3n) is 3.70. The van der Waals surface area contributed by atoms with Gasteiger partial charge in [-0.3, -0.25) is 0 Å². The predicted molar refractivity (Wildman–Crippen MR) is 86.4 cm³/mol. The van der Waals surface area contributed by atoms with E-state index in [1.165, 1.54) is 6.07 Å². The van der Waals surface area contributed by atoms with Crippen molar-refractivity contribution in [1.82, 2.24) is 9.71 Å². The minimum Gasteiger partial charge on any atom is -0.373 e. The number of pyridine rings is 1. The maximum absolute atomic E-state index is 12.9. The van der Waals surface area contributed by atoms with Gasteiger partial charge < -0.3 is 4.74 Å². The van der Waals surface area contributed by atoms with Gasteiger partial charge >= 0.3 is 6.18 Å². The topological polar surface area (TPSA) is 51.2 Å². The Morgan fingerprint density at radius 2 is 2.08 bits per heavy atom. The highest BCUT2D eigenvalue weighted by Crippen LogP contribution is 2.36. The van der Waals surface area contributed by atoms with Crippen molar-refractivity contribution in [3.8, 4) is 0 Å². The maximum Gasteiger partial charge on any atom is 0.433 e. The summed E-state index contributed by atoms with van der Waals surface area (Å²) >= 11 is 0. The summed E-state index contributed by atoms with van der Waals surface area (Å²) in [6, 6.07) is 2.34. The summed E-state index contributed by atoms with van der Waals surface area (Å²) < 4.78 is 59.2. The Morgan fingerprint density at radius 3 is 2.62 bits per heavy atom. The molecule has 8 heteroatoms. The molecule has 2 unspecified atom stereocenters. The number of alkyl halides is 3. The molecule has 1 aromatic rings. The van der Waals surface area contributed by atoms with Crippen molar-refractivity contribution in [2.45, 2.75) is 50.3 Å². The molecule has 0 amide bonds. The predicted octanol–water partition coefficient (Wildman–Crippen LogP) is 3.45. The minimum atomic E-state index is -4.52. The largest absolute Gasteiger partial charge is 0.433 e. The summed E-state index contributed by atoms with van der Waals surface area (Å²) in [6.45, 7) is 9.31. The molecule has 24 heavy (non-hydrogen) atoms. The Balaban J connectivity index is 2.49. The first-order valence-electron chi connectivity index (χ1n) is 7.45. The first-order valence-corrected chi connectivity index (χ1v) is 8.60. The van der Waals surface area contributed by atoms with Crippen LogP contribution in [-0.4, -0.2) is 20.5 Å². The Morgan fingerprint density at radius 1 is 1.42 bits per heavy atom. The molecule has 1 N–H and O–H groups in total. The molecule has 2 heterocycles. The van der Waals surface area contributed by atoms with Crippen molar-refractivity contribution in [2.75, 3.05) is 6.61 Å². The summed E-state index contributed by atoms with van der Waals surface area (Å²) in [6.07, 6.45) is -2.53. The second kappa shape index (κ2) is 6.57. The molecular formula is C16H21F3N2O2S. The number of fused-ring (bicyclic) bond motifs is 1. The lowest BCUT2D eigenvalue weighted by molar-refractivity contribution is -0.141. The van der Waals surface area contributed by atoms with Gasteiger partial charge in [0.05, 0.1) is 40.2 Å². The number of hydrogen-bond donors (Lipinski definition) is 1. The van der Waals surface area contributed by atoms with E-state index in [9.17, 15) is 17.4 Å². The zero-order valence-electron chi connectivity index (χ0n) is 13.9. The van der Waals surface area contributed by atoms with Gasteiger partial charge in [-0.2, -0.15) is 13.2 Å². The van der Waals surface area contributed by atoms with Gasteiger partial charge in [0, 0.05) is 0 Å². The van der Waals surface area contributed by atoms with Crippen LogP contribution < -0.4 is 4.72 Å². The molecule has 0 radical (unpaired) electrons. The van der Waals surface area contributed by atoms with E-state index in [1.54, 1.807) is 6.08 Å². The molecule has 0 saturated heterocycles. The monoisotopic (exact) mass is 362 g/mol. The molecule has 1 aromatic heterocycles. The van der Waals surface area contributed by atoms with Gasteiger partial charge in [0.15, 0.2) is 0 Å². The first-order chi connectivity index (χ1) is 11.0. The molecule has 1 aliphatic heterocycles. The Kier molecular flexibility index (Phi) is 5.22. The molecule has 0 bridgehead atoms. The molecule has 0 aliphatic carbocycles. The zero-order chi connectivity index (χ0) is 18.2. The highest BCUT2D eigenvalue weighted by molar-refractivity contribution is 7.84. The van der Waals surface area contributed by atoms with Gasteiger partial charge in [-0.05, 0) is 38.8 Å². The van der Waals surface area contributed by atoms with Crippen molar-refractivity contribution >= 4 is 11.0 Å². The second-order valence-electron chi connectivity index (χ2n) is 6.74. The van der Waals surface area contributed by atoms with Crippen LogP contribution in [0.2, 0.25) is 0 Å². The van der Waals surface area contributed by atoms with E-state index in [4.69, 9.17) is 4.74 Å². The van der Waals surface area contributed by atoms with Crippen LogP contribution in [0.3, 0.4) is 0 Å². The normalized spacial score (nSPS) is 22.8. The van der Waals surface area contributed by atoms with Crippen LogP contribution in [-0.2, 0) is 34.0 Å². The summed E-state index contributed by atoms with van der Waals surface area (Å²) in [4.78, 5) is 3.71. The lowest BCUT2D eigenvalue weighted by atomic mass is 9.85. The molecule has 2 rings (SSSR count). The van der Waals surface area contributed by atoms with Gasteiger partial charge in [-0.1, -0.05) is 12.1 Å². The summed E-state index contributed by atoms with van der Waals surface area (Å²) in [5, 5.41) is 0. The lowest BCUT2D eigenvalue weighted by Gasteiger charge is -2.39. The quantitative estimate of drug-likeness (QED) is 0.835. The van der Waals surface area contributed by atoms with Gasteiger partial charge in [-0.15, -0.1) is 6.58 Å². The second-order valence-corrected chi connectivity index (χ2v) is 8.71. The Hall–Kier alpha value is -1.25. The molecule has 0 saturated carbocycles. The van der Waals surface area contributed by atoms with Crippen LogP contribution in [0, 0.1) is 0 Å². The fourth-order valence-electron chi connectivity index (χ4n) is 2.48. The number of halogens is 3. The molecule has 2 atom stereocenters. The SMILES string of the molecule is C=CCC1(NS(=O)C(C)(C)C)COCc2nc(C(F)(F)F)ccc21. The van der Waals surface area contributed by atoms with E-state index in [-0.39, 0.29) is 18.9 Å². The average molecular weight is 362 g/mol. The van der Waals surface area contributed by atoms with Crippen LogP contribution in [0.15, 0.2) is 24.8 Å². The maximum atomic E-state index is 12.9. The van der Waals surface area contributed by atoms with Crippen molar-refractivity contribution in [2.24, 2.45) is 0 Å². The smallest absolute Gasteiger partial charge is 0.373 e. The Bertz CT molecular complexity index is 656. The lowest BCUT2D eigenvalue weighted by Crippen LogP contribution is -2.52. The molecule has 4 nitrogen and oxygen atoms in total.